The third-order valence-corrected chi connectivity index (χ3v) is 4.69. The average molecular weight is 333 g/mol. The first-order valence-electron chi connectivity index (χ1n) is 4.22. The summed E-state index contributed by atoms with van der Waals surface area (Å²) in [5, 5.41) is 0. The molecule has 0 radical (unpaired) electrons. The number of hydrogen-bond acceptors (Lipinski definition) is 1. The number of hydrogen-bond donors (Lipinski definition) is 0. The van der Waals surface area contributed by atoms with Crippen molar-refractivity contribution in [3.05, 3.63) is 0 Å². The molecule has 0 amide bonds. The maximum atomic E-state index is 12.1. The minimum Gasteiger partial charge on any atom is -0.270 e. The first kappa shape index (κ1) is 19.6. The van der Waals surface area contributed by atoms with Crippen LogP contribution in [0.2, 0.25) is 0 Å². The average Bonchev–Trinajstić information content (AvgIpc) is 1.98. The van der Waals surface area contributed by atoms with E-state index in [0.29, 0.717) is 0 Å². The van der Waals surface area contributed by atoms with E-state index in [1.807, 2.05) is 42.3 Å². The van der Waals surface area contributed by atoms with Gasteiger partial charge in [-0.2, -0.15) is 0 Å². The van der Waals surface area contributed by atoms with Gasteiger partial charge in [-0.25, -0.2) is 14.0 Å². The van der Waals surface area contributed by atoms with Crippen molar-refractivity contribution in [1.29, 1.82) is 0 Å². The van der Waals surface area contributed by atoms with Crippen molar-refractivity contribution in [2.24, 2.45) is 0 Å². The second-order valence-corrected chi connectivity index (χ2v) is 10.3. The molecule has 16 heavy (non-hydrogen) atoms. The largest absolute Gasteiger partial charge is 0.285 e. The maximum absolute atomic E-state index is 12.1. The lowest BCUT2D eigenvalue weighted by Crippen LogP contribution is -2.30. The van der Waals surface area contributed by atoms with Gasteiger partial charge in [0.05, 0.1) is 0 Å². The summed E-state index contributed by atoms with van der Waals surface area (Å²) in [4.78, 5) is 0. The van der Waals surface area contributed by atoms with Crippen LogP contribution >= 0.6 is 54.0 Å². The Kier molecular flexibility index (Phi) is 9.37. The van der Waals surface area contributed by atoms with Crippen LogP contribution in [0.1, 0.15) is 0 Å². The monoisotopic (exact) mass is 331 g/mol. The van der Waals surface area contributed by atoms with E-state index in [9.17, 15) is 4.57 Å². The molecule has 4 nitrogen and oxygen atoms in total. The minimum absolute atomic E-state index is 1.61. The maximum Gasteiger partial charge on any atom is 0.285 e. The smallest absolute Gasteiger partial charge is 0.270 e. The van der Waals surface area contributed by atoms with Crippen LogP contribution in [0.5, 0.6) is 0 Å². The van der Waals surface area contributed by atoms with Crippen molar-refractivity contribution in [1.82, 2.24) is 14.0 Å². The van der Waals surface area contributed by atoms with Gasteiger partial charge in [0, 0.05) is 0 Å². The van der Waals surface area contributed by atoms with Crippen molar-refractivity contribution in [3.63, 3.8) is 0 Å². The molecule has 0 fully saturated rings. The van der Waals surface area contributed by atoms with Crippen molar-refractivity contribution in [2.75, 3.05) is 42.3 Å². The molecule has 0 aliphatic carbocycles. The van der Waals surface area contributed by atoms with Crippen LogP contribution in [-0.2, 0) is 4.57 Å². The summed E-state index contributed by atoms with van der Waals surface area (Å²) in [5.41, 5.74) is 0. The first-order valence-corrected chi connectivity index (χ1v) is 7.30. The van der Waals surface area contributed by atoms with E-state index in [1.165, 1.54) is 0 Å². The summed E-state index contributed by atoms with van der Waals surface area (Å²) >= 11 is 19.3. The molecular formula is C7H18Cl4N3OP. The van der Waals surface area contributed by atoms with Gasteiger partial charge >= 0.3 is 0 Å². The van der Waals surface area contributed by atoms with E-state index in [2.05, 4.69) is 0 Å². The second-order valence-electron chi connectivity index (χ2n) is 3.48. The van der Waals surface area contributed by atoms with Gasteiger partial charge < -0.3 is 0 Å². The fraction of sp³-hybridized carbons (Fsp3) is 1.00. The number of halogens is 4. The fourth-order valence-electron chi connectivity index (χ4n) is 1.07. The van der Waals surface area contributed by atoms with Crippen LogP contribution in [0.3, 0.4) is 0 Å². The molecule has 9 heteroatoms. The summed E-state index contributed by atoms with van der Waals surface area (Å²) in [7, 11) is 8.49. The van der Waals surface area contributed by atoms with Gasteiger partial charge in [0.2, 0.25) is 0 Å². The summed E-state index contributed by atoms with van der Waals surface area (Å²) < 4.78 is 15.7. The van der Waals surface area contributed by atoms with Crippen LogP contribution < -0.4 is 0 Å². The van der Waals surface area contributed by atoms with Crippen LogP contribution in [0, 0.1) is 0 Å². The molecule has 0 aliphatic rings. The van der Waals surface area contributed by atoms with Crippen molar-refractivity contribution < 1.29 is 4.57 Å². The zero-order valence-electron chi connectivity index (χ0n) is 10.2. The van der Waals surface area contributed by atoms with E-state index in [1.54, 1.807) is 14.0 Å². The highest BCUT2D eigenvalue weighted by Gasteiger charge is 2.30. The van der Waals surface area contributed by atoms with Crippen molar-refractivity contribution in [2.45, 2.75) is 3.25 Å². The molecule has 0 aromatic rings. The van der Waals surface area contributed by atoms with Crippen LogP contribution in [0.25, 0.3) is 0 Å². The van der Waals surface area contributed by atoms with Gasteiger partial charge in [0.1, 0.15) is 0 Å². The molecule has 0 aromatic heterocycles. The Labute approximate surface area is 118 Å². The predicted molar refractivity (Wildman–Crippen MR) is 74.8 cm³/mol. The topological polar surface area (TPSA) is 26.8 Å². The molecule has 0 rings (SSSR count). The van der Waals surface area contributed by atoms with E-state index in [0.717, 1.165) is 0 Å². The first-order chi connectivity index (χ1) is 6.83. The molecule has 0 saturated heterocycles. The Balaban J connectivity index is 0. The van der Waals surface area contributed by atoms with E-state index >= 15 is 0 Å². The molecule has 0 N–H and O–H groups in total. The van der Waals surface area contributed by atoms with Crippen LogP contribution in [0.15, 0.2) is 0 Å². The van der Waals surface area contributed by atoms with Gasteiger partial charge in [-0.15, -0.1) is 0 Å². The summed E-state index contributed by atoms with van der Waals surface area (Å²) in [6.07, 6.45) is 0. The quantitative estimate of drug-likeness (QED) is 0.585. The van der Waals surface area contributed by atoms with E-state index in [-0.39, 0.29) is 0 Å². The third kappa shape index (κ3) is 8.37. The Morgan fingerprint density at radius 1 is 0.750 bits per heavy atom. The van der Waals surface area contributed by atoms with Gasteiger partial charge in [0.25, 0.3) is 10.8 Å². The lowest BCUT2D eigenvalue weighted by molar-refractivity contribution is 0.383. The fourth-order valence-corrected chi connectivity index (χ4v) is 3.22. The molecule has 0 spiro atoms. The Morgan fingerprint density at radius 2 is 0.875 bits per heavy atom. The molecule has 100 valence electrons. The Morgan fingerprint density at radius 3 is 0.875 bits per heavy atom. The highest BCUT2D eigenvalue weighted by atomic mass is 35.6. The number of rotatable bonds is 3. The highest BCUT2D eigenvalue weighted by Crippen LogP contribution is 2.50. The standard InChI is InChI=1S/C6H18N3OP.CCl4/c1-7(2)11(10,8(3)4)9(5)6;2-1(3,4)5/h1-6H3;. The third-order valence-electron chi connectivity index (χ3n) is 1.56. The Hall–Kier alpha value is 1.27. The number of alkyl halides is 4. The minimum atomic E-state index is -2.44. The highest BCUT2D eigenvalue weighted by molar-refractivity contribution is 7.56. The van der Waals surface area contributed by atoms with Crippen LogP contribution in [-0.4, -0.2) is 59.5 Å². The van der Waals surface area contributed by atoms with Gasteiger partial charge in [-0.3, -0.25) is 4.57 Å². The molecule has 0 bridgehead atoms. The molecular weight excluding hydrogens is 315 g/mol. The van der Waals surface area contributed by atoms with Crippen molar-refractivity contribution in [3.8, 4) is 0 Å². The summed E-state index contributed by atoms with van der Waals surface area (Å²) in [6.45, 7) is 0. The molecule has 0 saturated carbocycles. The molecule has 0 heterocycles. The van der Waals surface area contributed by atoms with Gasteiger partial charge in [-0.05, 0) is 42.3 Å². The van der Waals surface area contributed by atoms with Gasteiger partial charge in [-0.1, -0.05) is 46.4 Å². The lowest BCUT2D eigenvalue weighted by atomic mass is 11.2. The number of nitrogens with zero attached hydrogens (tertiary/aromatic N) is 3. The predicted octanol–water partition coefficient (Wildman–Crippen LogP) is 3.33. The van der Waals surface area contributed by atoms with E-state index < -0.39 is 10.8 Å². The summed E-state index contributed by atoms with van der Waals surface area (Å²) in [6, 6.07) is 0. The summed E-state index contributed by atoms with van der Waals surface area (Å²) in [5.74, 6) is 0. The second kappa shape index (κ2) is 7.65. The van der Waals surface area contributed by atoms with Crippen LogP contribution in [0.4, 0.5) is 0 Å². The molecule has 0 unspecified atom stereocenters. The Bertz CT molecular complexity index is 208. The zero-order chi connectivity index (χ0) is 13.7. The molecule has 0 aliphatic heterocycles. The normalized spacial score (nSPS) is 13.1. The van der Waals surface area contributed by atoms with E-state index in [4.69, 9.17) is 46.4 Å². The molecule has 0 aromatic carbocycles. The SMILES string of the molecule is CN(C)P(=O)(N(C)C)N(C)C.ClC(Cl)(Cl)Cl. The van der Waals surface area contributed by atoms with Crippen molar-refractivity contribution >= 4 is 54.0 Å². The van der Waals surface area contributed by atoms with Gasteiger partial charge in [0.15, 0.2) is 0 Å². The molecule has 0 atom stereocenters. The lowest BCUT2D eigenvalue weighted by Gasteiger charge is -2.34. The zero-order valence-corrected chi connectivity index (χ0v) is 14.1.